The molecule has 120 valence electrons. The maximum atomic E-state index is 13.7. The normalized spacial score (nSPS) is 13.7. The van der Waals surface area contributed by atoms with Crippen molar-refractivity contribution in [3.05, 3.63) is 52.9 Å². The van der Waals surface area contributed by atoms with Crippen LogP contribution in [0.25, 0.3) is 0 Å². The maximum absolute atomic E-state index is 13.7. The molecule has 23 heavy (non-hydrogen) atoms. The van der Waals surface area contributed by atoms with E-state index in [1.165, 1.54) is 26.2 Å². The number of aromatic nitrogens is 1. The van der Waals surface area contributed by atoms with Gasteiger partial charge in [-0.15, -0.1) is 0 Å². The van der Waals surface area contributed by atoms with E-state index < -0.39 is 11.6 Å². The van der Waals surface area contributed by atoms with Crippen LogP contribution in [-0.4, -0.2) is 24.4 Å². The highest BCUT2D eigenvalue weighted by Crippen LogP contribution is 2.30. The van der Waals surface area contributed by atoms with Gasteiger partial charge in [-0.1, -0.05) is 0 Å². The monoisotopic (exact) mass is 318 g/mol. The number of benzene rings is 1. The molecule has 2 aromatic rings. The SMILES string of the molecule is COc1cc(N2CCc3cc(C(C)=O)ncc3C2)cc(F)c1F. The van der Waals surface area contributed by atoms with Crippen LogP contribution >= 0.6 is 0 Å². The molecule has 3 rings (SSSR count). The zero-order valence-electron chi connectivity index (χ0n) is 12.9. The average molecular weight is 318 g/mol. The van der Waals surface area contributed by atoms with Gasteiger partial charge >= 0.3 is 0 Å². The fourth-order valence-corrected chi connectivity index (χ4v) is 2.73. The molecule has 0 saturated carbocycles. The molecule has 0 fully saturated rings. The van der Waals surface area contributed by atoms with Gasteiger partial charge in [0.05, 0.1) is 7.11 Å². The number of hydrogen-bond donors (Lipinski definition) is 0. The minimum absolute atomic E-state index is 0.0689. The van der Waals surface area contributed by atoms with Crippen LogP contribution in [0.4, 0.5) is 14.5 Å². The number of anilines is 1. The maximum Gasteiger partial charge on any atom is 0.200 e. The van der Waals surface area contributed by atoms with E-state index in [0.29, 0.717) is 30.9 Å². The zero-order valence-corrected chi connectivity index (χ0v) is 12.9. The second-order valence-electron chi connectivity index (χ2n) is 5.51. The highest BCUT2D eigenvalue weighted by atomic mass is 19.2. The van der Waals surface area contributed by atoms with Gasteiger partial charge in [0.25, 0.3) is 0 Å². The number of carbonyl (C=O) groups excluding carboxylic acids is 1. The summed E-state index contributed by atoms with van der Waals surface area (Å²) in [6.45, 7) is 2.65. The molecule has 1 aliphatic rings. The zero-order chi connectivity index (χ0) is 16.6. The van der Waals surface area contributed by atoms with Crippen LogP contribution < -0.4 is 9.64 Å². The average Bonchev–Trinajstić information content (AvgIpc) is 2.56. The molecule has 1 aromatic heterocycles. The van der Waals surface area contributed by atoms with Crippen molar-refractivity contribution in [3.8, 4) is 5.75 Å². The molecular weight excluding hydrogens is 302 g/mol. The van der Waals surface area contributed by atoms with E-state index in [1.807, 2.05) is 4.90 Å². The number of fused-ring (bicyclic) bond motifs is 1. The van der Waals surface area contributed by atoms with Gasteiger partial charge in [-0.3, -0.25) is 9.78 Å². The van der Waals surface area contributed by atoms with Gasteiger partial charge in [-0.2, -0.15) is 4.39 Å². The molecule has 1 aromatic carbocycles. The molecule has 2 heterocycles. The molecule has 0 radical (unpaired) electrons. The van der Waals surface area contributed by atoms with Crippen molar-refractivity contribution in [2.75, 3.05) is 18.6 Å². The Kier molecular flexibility index (Phi) is 3.98. The minimum atomic E-state index is -0.985. The van der Waals surface area contributed by atoms with E-state index in [0.717, 1.165) is 11.1 Å². The van der Waals surface area contributed by atoms with Crippen LogP contribution in [0.5, 0.6) is 5.75 Å². The minimum Gasteiger partial charge on any atom is -0.493 e. The molecule has 4 nitrogen and oxygen atoms in total. The summed E-state index contributed by atoms with van der Waals surface area (Å²) < 4.78 is 32.1. The lowest BCUT2D eigenvalue weighted by Gasteiger charge is -2.31. The van der Waals surface area contributed by atoms with Crippen LogP contribution in [0.2, 0.25) is 0 Å². The first-order chi connectivity index (χ1) is 11.0. The lowest BCUT2D eigenvalue weighted by atomic mass is 10.00. The van der Waals surface area contributed by atoms with Crippen LogP contribution in [0.15, 0.2) is 24.4 Å². The van der Waals surface area contributed by atoms with Gasteiger partial charge in [-0.25, -0.2) is 4.39 Å². The number of halogens is 2. The Labute approximate surface area is 132 Å². The highest BCUT2D eigenvalue weighted by molar-refractivity contribution is 5.92. The van der Waals surface area contributed by atoms with E-state index >= 15 is 0 Å². The second-order valence-corrected chi connectivity index (χ2v) is 5.51. The molecule has 0 bridgehead atoms. The number of nitrogens with zero attached hydrogens (tertiary/aromatic N) is 2. The van der Waals surface area contributed by atoms with E-state index in [4.69, 9.17) is 4.74 Å². The summed E-state index contributed by atoms with van der Waals surface area (Å²) >= 11 is 0. The number of rotatable bonds is 3. The van der Waals surface area contributed by atoms with Gasteiger partial charge in [0.2, 0.25) is 5.82 Å². The Bertz CT molecular complexity index is 777. The fraction of sp³-hybridized carbons (Fsp3) is 0.294. The summed E-state index contributed by atoms with van der Waals surface area (Å²) in [4.78, 5) is 17.5. The number of pyridine rings is 1. The van der Waals surface area contributed by atoms with Crippen molar-refractivity contribution < 1.29 is 18.3 Å². The second kappa shape index (κ2) is 5.95. The Hall–Kier alpha value is -2.50. The summed E-state index contributed by atoms with van der Waals surface area (Å²) in [6.07, 6.45) is 2.38. The predicted octanol–water partition coefficient (Wildman–Crippen LogP) is 3.13. The molecule has 0 unspecified atom stereocenters. The van der Waals surface area contributed by atoms with E-state index in [9.17, 15) is 13.6 Å². The Morgan fingerprint density at radius 1 is 1.26 bits per heavy atom. The number of hydrogen-bond acceptors (Lipinski definition) is 4. The molecule has 0 N–H and O–H groups in total. The molecule has 6 heteroatoms. The number of carbonyl (C=O) groups is 1. The largest absolute Gasteiger partial charge is 0.493 e. The van der Waals surface area contributed by atoms with Crippen LogP contribution in [-0.2, 0) is 13.0 Å². The summed E-state index contributed by atoms with van der Waals surface area (Å²) in [6, 6.07) is 4.46. The lowest BCUT2D eigenvalue weighted by molar-refractivity contribution is 0.101. The number of ether oxygens (including phenoxy) is 1. The Balaban J connectivity index is 1.90. The third-order valence-electron chi connectivity index (χ3n) is 4.02. The van der Waals surface area contributed by atoms with E-state index in [2.05, 4.69) is 4.98 Å². The summed E-state index contributed by atoms with van der Waals surface area (Å²) in [5.74, 6) is -2.10. The molecular formula is C17H16F2N2O2. The number of ketones is 1. The van der Waals surface area contributed by atoms with Gasteiger partial charge in [0.15, 0.2) is 17.3 Å². The van der Waals surface area contributed by atoms with Crippen molar-refractivity contribution in [1.29, 1.82) is 0 Å². The number of methoxy groups -OCH3 is 1. The molecule has 0 amide bonds. The van der Waals surface area contributed by atoms with Crippen molar-refractivity contribution >= 4 is 11.5 Å². The highest BCUT2D eigenvalue weighted by Gasteiger charge is 2.21. The smallest absolute Gasteiger partial charge is 0.200 e. The molecule has 1 aliphatic heterocycles. The fourth-order valence-electron chi connectivity index (χ4n) is 2.73. The van der Waals surface area contributed by atoms with Gasteiger partial charge in [-0.05, 0) is 23.6 Å². The first kappa shape index (κ1) is 15.4. The van der Waals surface area contributed by atoms with E-state index in [-0.39, 0.29) is 11.5 Å². The first-order valence-electron chi connectivity index (χ1n) is 7.26. The van der Waals surface area contributed by atoms with Crippen molar-refractivity contribution in [2.24, 2.45) is 0 Å². The summed E-state index contributed by atoms with van der Waals surface area (Å²) in [5, 5.41) is 0. The van der Waals surface area contributed by atoms with Crippen molar-refractivity contribution in [3.63, 3.8) is 0 Å². The first-order valence-corrected chi connectivity index (χ1v) is 7.26. The van der Waals surface area contributed by atoms with Crippen LogP contribution in [0.1, 0.15) is 28.5 Å². The third kappa shape index (κ3) is 2.88. The molecule has 0 spiro atoms. The van der Waals surface area contributed by atoms with Crippen LogP contribution in [0, 0.1) is 11.6 Å². The van der Waals surface area contributed by atoms with Crippen molar-refractivity contribution in [2.45, 2.75) is 19.9 Å². The summed E-state index contributed by atoms with van der Waals surface area (Å²) in [7, 11) is 1.31. The third-order valence-corrected chi connectivity index (χ3v) is 4.02. The van der Waals surface area contributed by atoms with Gasteiger partial charge in [0, 0.05) is 44.0 Å². The van der Waals surface area contributed by atoms with Crippen molar-refractivity contribution in [1.82, 2.24) is 4.98 Å². The number of Topliss-reactive ketones (excluding diaryl/α,β-unsaturated/α-hetero) is 1. The Morgan fingerprint density at radius 3 is 2.74 bits per heavy atom. The van der Waals surface area contributed by atoms with Crippen LogP contribution in [0.3, 0.4) is 0 Å². The molecule has 0 atom stereocenters. The lowest BCUT2D eigenvalue weighted by Crippen LogP contribution is -2.31. The van der Waals surface area contributed by atoms with E-state index in [1.54, 1.807) is 12.3 Å². The topological polar surface area (TPSA) is 42.4 Å². The molecule has 0 saturated heterocycles. The Morgan fingerprint density at radius 2 is 2.04 bits per heavy atom. The quantitative estimate of drug-likeness (QED) is 0.816. The predicted molar refractivity (Wildman–Crippen MR) is 81.9 cm³/mol. The standard InChI is InChI=1S/C17H16F2N2O2/c1-10(22)15-5-11-3-4-21(9-12(11)8-20-15)13-6-14(18)17(19)16(7-13)23-2/h5-8H,3-4,9H2,1-2H3. The molecule has 0 aliphatic carbocycles. The summed E-state index contributed by atoms with van der Waals surface area (Å²) in [5.41, 5.74) is 3.05. The van der Waals surface area contributed by atoms with Gasteiger partial charge in [0.1, 0.15) is 5.69 Å². The van der Waals surface area contributed by atoms with Gasteiger partial charge < -0.3 is 9.64 Å².